The zero-order valence-corrected chi connectivity index (χ0v) is 9.21. The lowest BCUT2D eigenvalue weighted by Crippen LogP contribution is -2.57. The van der Waals surface area contributed by atoms with Crippen LogP contribution in [0.2, 0.25) is 0 Å². The number of esters is 1. The monoisotopic (exact) mass is 214 g/mol. The summed E-state index contributed by atoms with van der Waals surface area (Å²) in [6.07, 6.45) is 2.58. The number of amides is 1. The molecule has 1 aliphatic carbocycles. The number of hydrogen-bond acceptors (Lipinski definition) is 4. The summed E-state index contributed by atoms with van der Waals surface area (Å²) in [5, 5.41) is 2.70. The quantitative estimate of drug-likeness (QED) is 0.631. The highest BCUT2D eigenvalue weighted by molar-refractivity contribution is 5.87. The molecule has 15 heavy (non-hydrogen) atoms. The molecule has 0 aromatic rings. The van der Waals surface area contributed by atoms with E-state index in [2.05, 4.69) is 5.32 Å². The van der Waals surface area contributed by atoms with E-state index in [1.54, 1.807) is 0 Å². The van der Waals surface area contributed by atoms with E-state index < -0.39 is 5.54 Å². The van der Waals surface area contributed by atoms with Crippen LogP contribution in [0.5, 0.6) is 0 Å². The van der Waals surface area contributed by atoms with Gasteiger partial charge in [0.2, 0.25) is 5.91 Å². The van der Waals surface area contributed by atoms with Crippen LogP contribution in [0.15, 0.2) is 0 Å². The average molecular weight is 214 g/mol. The summed E-state index contributed by atoms with van der Waals surface area (Å²) in [6.45, 7) is 1.40. The van der Waals surface area contributed by atoms with E-state index >= 15 is 0 Å². The van der Waals surface area contributed by atoms with Gasteiger partial charge in [-0.05, 0) is 25.7 Å². The van der Waals surface area contributed by atoms with Crippen molar-refractivity contribution in [1.82, 2.24) is 5.32 Å². The summed E-state index contributed by atoms with van der Waals surface area (Å²) in [6, 6.07) is 0.122. The second kappa shape index (κ2) is 4.61. The van der Waals surface area contributed by atoms with Gasteiger partial charge in [-0.1, -0.05) is 0 Å². The normalized spacial score (nSPS) is 30.7. The average Bonchev–Trinajstić information content (AvgIpc) is 2.20. The van der Waals surface area contributed by atoms with Crippen LogP contribution in [0.4, 0.5) is 0 Å². The number of carbonyl (C=O) groups excluding carboxylic acids is 2. The van der Waals surface area contributed by atoms with Crippen molar-refractivity contribution in [2.75, 3.05) is 7.11 Å². The molecule has 0 heterocycles. The fourth-order valence-electron chi connectivity index (χ4n) is 2.05. The van der Waals surface area contributed by atoms with Gasteiger partial charge in [0.1, 0.15) is 5.54 Å². The first-order chi connectivity index (χ1) is 7.00. The number of rotatable bonds is 2. The Morgan fingerprint density at radius 3 is 2.33 bits per heavy atom. The summed E-state index contributed by atoms with van der Waals surface area (Å²) >= 11 is 0. The highest BCUT2D eigenvalue weighted by Gasteiger charge is 2.42. The van der Waals surface area contributed by atoms with Gasteiger partial charge >= 0.3 is 5.97 Å². The lowest BCUT2D eigenvalue weighted by Gasteiger charge is -2.37. The Labute approximate surface area is 89.3 Å². The predicted molar refractivity (Wildman–Crippen MR) is 55.0 cm³/mol. The maximum Gasteiger partial charge on any atom is 0.331 e. The first-order valence-corrected chi connectivity index (χ1v) is 5.13. The molecule has 0 saturated heterocycles. The number of ether oxygens (including phenoxy) is 1. The summed E-state index contributed by atoms with van der Waals surface area (Å²) in [7, 11) is 1.33. The van der Waals surface area contributed by atoms with Gasteiger partial charge in [0, 0.05) is 13.0 Å². The van der Waals surface area contributed by atoms with Gasteiger partial charge in [-0.25, -0.2) is 4.79 Å². The van der Waals surface area contributed by atoms with Crippen LogP contribution in [-0.2, 0) is 14.3 Å². The van der Waals surface area contributed by atoms with Crippen molar-refractivity contribution in [1.29, 1.82) is 0 Å². The van der Waals surface area contributed by atoms with Gasteiger partial charge in [-0.2, -0.15) is 0 Å². The maximum absolute atomic E-state index is 11.7. The number of carbonyl (C=O) groups is 2. The Morgan fingerprint density at radius 2 is 1.93 bits per heavy atom. The van der Waals surface area contributed by atoms with Crippen molar-refractivity contribution >= 4 is 11.9 Å². The minimum Gasteiger partial charge on any atom is -0.467 e. The van der Waals surface area contributed by atoms with Crippen molar-refractivity contribution in [2.45, 2.75) is 44.2 Å². The van der Waals surface area contributed by atoms with E-state index in [0.29, 0.717) is 12.8 Å². The van der Waals surface area contributed by atoms with Crippen molar-refractivity contribution < 1.29 is 14.3 Å². The van der Waals surface area contributed by atoms with Gasteiger partial charge in [0.15, 0.2) is 0 Å². The van der Waals surface area contributed by atoms with E-state index in [1.165, 1.54) is 14.0 Å². The zero-order valence-electron chi connectivity index (χ0n) is 9.21. The number of nitrogens with two attached hydrogens (primary N) is 1. The second-order valence-corrected chi connectivity index (χ2v) is 4.09. The summed E-state index contributed by atoms with van der Waals surface area (Å²) < 4.78 is 4.73. The summed E-state index contributed by atoms with van der Waals surface area (Å²) in [5.74, 6) is -0.583. The van der Waals surface area contributed by atoms with Crippen LogP contribution >= 0.6 is 0 Å². The molecule has 0 aromatic carbocycles. The third kappa shape index (κ3) is 2.68. The molecule has 5 nitrogen and oxygen atoms in total. The molecule has 0 aromatic heterocycles. The predicted octanol–water partition coefficient (Wildman–Crippen LogP) is -0.0644. The third-order valence-corrected chi connectivity index (χ3v) is 2.88. The van der Waals surface area contributed by atoms with Crippen LogP contribution < -0.4 is 11.1 Å². The smallest absolute Gasteiger partial charge is 0.331 e. The van der Waals surface area contributed by atoms with Crippen LogP contribution in [0.3, 0.4) is 0 Å². The van der Waals surface area contributed by atoms with Crippen molar-refractivity contribution in [3.05, 3.63) is 0 Å². The minimum absolute atomic E-state index is 0.122. The maximum atomic E-state index is 11.7. The molecule has 3 N–H and O–H groups in total. The fraction of sp³-hybridized carbons (Fsp3) is 0.800. The molecule has 86 valence electrons. The van der Waals surface area contributed by atoms with E-state index in [4.69, 9.17) is 10.5 Å². The lowest BCUT2D eigenvalue weighted by atomic mass is 9.79. The molecule has 0 unspecified atom stereocenters. The van der Waals surface area contributed by atoms with Gasteiger partial charge in [0.05, 0.1) is 7.11 Å². The van der Waals surface area contributed by atoms with Crippen LogP contribution in [0, 0.1) is 0 Å². The largest absolute Gasteiger partial charge is 0.467 e. The Balaban J connectivity index is 2.77. The number of methoxy groups -OCH3 is 1. The minimum atomic E-state index is -0.851. The van der Waals surface area contributed by atoms with Crippen molar-refractivity contribution in [3.8, 4) is 0 Å². The SMILES string of the molecule is COC(=O)C1(NC(C)=O)CCC(N)CC1. The molecule has 1 fully saturated rings. The molecular formula is C10H18N2O3. The zero-order chi connectivity index (χ0) is 11.5. The number of nitrogens with one attached hydrogen (secondary N) is 1. The molecular weight excluding hydrogens is 196 g/mol. The van der Waals surface area contributed by atoms with Crippen molar-refractivity contribution in [3.63, 3.8) is 0 Å². The Kier molecular flexibility index (Phi) is 3.68. The van der Waals surface area contributed by atoms with E-state index in [1.807, 2.05) is 0 Å². The van der Waals surface area contributed by atoms with Gasteiger partial charge in [0.25, 0.3) is 0 Å². The van der Waals surface area contributed by atoms with Crippen LogP contribution in [-0.4, -0.2) is 30.6 Å². The third-order valence-electron chi connectivity index (χ3n) is 2.88. The van der Waals surface area contributed by atoms with Gasteiger partial charge < -0.3 is 15.8 Å². The van der Waals surface area contributed by atoms with Gasteiger partial charge in [-0.15, -0.1) is 0 Å². The lowest BCUT2D eigenvalue weighted by molar-refractivity contribution is -0.152. The van der Waals surface area contributed by atoms with E-state index in [0.717, 1.165) is 12.8 Å². The van der Waals surface area contributed by atoms with Crippen molar-refractivity contribution in [2.24, 2.45) is 5.73 Å². The molecule has 0 spiro atoms. The molecule has 1 rings (SSSR count). The summed E-state index contributed by atoms with van der Waals surface area (Å²) in [4.78, 5) is 22.7. The highest BCUT2D eigenvalue weighted by Crippen LogP contribution is 2.28. The molecule has 1 aliphatic rings. The molecule has 1 saturated carbocycles. The fourth-order valence-corrected chi connectivity index (χ4v) is 2.05. The standard InChI is InChI=1S/C10H18N2O3/c1-7(13)12-10(9(14)15-2)5-3-8(11)4-6-10/h8H,3-6,11H2,1-2H3,(H,12,13). The molecule has 0 atom stereocenters. The van der Waals surface area contributed by atoms with Crippen LogP contribution in [0.1, 0.15) is 32.6 Å². The first-order valence-electron chi connectivity index (χ1n) is 5.13. The van der Waals surface area contributed by atoms with Gasteiger partial charge in [-0.3, -0.25) is 4.79 Å². The topological polar surface area (TPSA) is 81.4 Å². The molecule has 0 aliphatic heterocycles. The van der Waals surface area contributed by atoms with Crippen LogP contribution in [0.25, 0.3) is 0 Å². The first kappa shape index (κ1) is 12.0. The molecule has 5 heteroatoms. The Morgan fingerprint density at radius 1 is 1.40 bits per heavy atom. The molecule has 0 radical (unpaired) electrons. The van der Waals surface area contributed by atoms with E-state index in [9.17, 15) is 9.59 Å². The molecule has 0 bridgehead atoms. The second-order valence-electron chi connectivity index (χ2n) is 4.09. The highest BCUT2D eigenvalue weighted by atomic mass is 16.5. The Bertz CT molecular complexity index is 257. The number of hydrogen-bond donors (Lipinski definition) is 2. The molecule has 1 amide bonds. The van der Waals surface area contributed by atoms with E-state index in [-0.39, 0.29) is 17.9 Å². The Hall–Kier alpha value is -1.10. The summed E-state index contributed by atoms with van der Waals surface area (Å²) in [5.41, 5.74) is 4.91.